The maximum Gasteiger partial charge on any atom is 0.335 e. The average Bonchev–Trinajstić information content (AvgIpc) is 3.25. The summed E-state index contributed by atoms with van der Waals surface area (Å²) < 4.78 is 17.1. The third-order valence-electron chi connectivity index (χ3n) is 9.17. The Kier molecular flexibility index (Phi) is 12.7. The summed E-state index contributed by atoms with van der Waals surface area (Å²) in [5.41, 5.74) is 11.0. The van der Waals surface area contributed by atoms with Crippen LogP contribution in [0, 0.1) is 0 Å². The van der Waals surface area contributed by atoms with Gasteiger partial charge in [0.1, 0.15) is 12.4 Å². The zero-order valence-electron chi connectivity index (χ0n) is 28.7. The monoisotopic (exact) mass is 633 g/mol. The fraction of sp³-hybridized carbons (Fsp3) is 0.405. The first kappa shape index (κ1) is 34.4. The van der Waals surface area contributed by atoms with Crippen LogP contribution in [-0.4, -0.2) is 50.4 Å². The molecule has 0 bridgehead atoms. The number of esters is 1. The summed E-state index contributed by atoms with van der Waals surface area (Å²) in [7, 11) is 2.23. The van der Waals surface area contributed by atoms with Crippen molar-refractivity contribution >= 4 is 5.97 Å². The fourth-order valence-electron chi connectivity index (χ4n) is 6.73. The van der Waals surface area contributed by atoms with Gasteiger partial charge in [0.2, 0.25) is 0 Å². The van der Waals surface area contributed by atoms with E-state index in [0.29, 0.717) is 26.2 Å². The Morgan fingerprint density at radius 2 is 1.45 bits per heavy atom. The first-order valence-electron chi connectivity index (χ1n) is 17.5. The summed E-state index contributed by atoms with van der Waals surface area (Å²) in [6, 6.07) is 33.3. The Labute approximate surface area is 281 Å². The zero-order chi connectivity index (χ0) is 33.0. The largest absolute Gasteiger partial charge is 0.492 e. The average molecular weight is 634 g/mol. The Morgan fingerprint density at radius 3 is 2.19 bits per heavy atom. The highest BCUT2D eigenvalue weighted by atomic mass is 16.6. The molecule has 0 radical (unpaired) electrons. The molecule has 4 aromatic rings. The van der Waals surface area contributed by atoms with Gasteiger partial charge in [-0.2, -0.15) is 0 Å². The van der Waals surface area contributed by atoms with Gasteiger partial charge in [0, 0.05) is 19.6 Å². The van der Waals surface area contributed by atoms with Crippen molar-refractivity contribution in [3.63, 3.8) is 0 Å². The van der Waals surface area contributed by atoms with Gasteiger partial charge in [0.25, 0.3) is 0 Å². The molecule has 1 aliphatic rings. The second-order valence-corrected chi connectivity index (χ2v) is 12.6. The maximum absolute atomic E-state index is 12.3. The van der Waals surface area contributed by atoms with Crippen LogP contribution in [0.25, 0.3) is 0 Å². The number of rotatable bonds is 16. The van der Waals surface area contributed by atoms with Crippen molar-refractivity contribution in [2.24, 2.45) is 0 Å². The molecular weight excluding hydrogens is 582 g/mol. The van der Waals surface area contributed by atoms with E-state index in [1.807, 2.05) is 38.1 Å². The molecule has 2 atom stereocenters. The lowest BCUT2D eigenvalue weighted by Crippen LogP contribution is -2.30. The first-order chi connectivity index (χ1) is 23.0. The molecule has 1 aliphatic carbocycles. The third-order valence-corrected chi connectivity index (χ3v) is 9.17. The van der Waals surface area contributed by atoms with Crippen LogP contribution in [0.3, 0.4) is 0 Å². The Hall–Kier alpha value is -3.93. The van der Waals surface area contributed by atoms with Gasteiger partial charge in [0.05, 0.1) is 12.6 Å². The van der Waals surface area contributed by atoms with Gasteiger partial charge in [-0.3, -0.25) is 4.90 Å². The number of carbonyl (C=O) groups is 1. The van der Waals surface area contributed by atoms with E-state index in [4.69, 9.17) is 14.2 Å². The van der Waals surface area contributed by atoms with Crippen LogP contribution >= 0.6 is 0 Å². The van der Waals surface area contributed by atoms with Gasteiger partial charge in [0.15, 0.2) is 6.10 Å². The number of likely N-dealkylation sites (N-methyl/N-ethyl adjacent to an activating group) is 1. The van der Waals surface area contributed by atoms with Gasteiger partial charge in [-0.1, -0.05) is 92.2 Å². The van der Waals surface area contributed by atoms with E-state index in [1.165, 1.54) is 38.9 Å². The summed E-state index contributed by atoms with van der Waals surface area (Å²) in [6.07, 6.45) is 6.34. The second kappa shape index (κ2) is 17.3. The lowest BCUT2D eigenvalue weighted by Gasteiger charge is -2.31. The van der Waals surface area contributed by atoms with E-state index in [0.717, 1.165) is 56.4 Å². The van der Waals surface area contributed by atoms with Crippen LogP contribution < -0.4 is 4.74 Å². The van der Waals surface area contributed by atoms with E-state index in [-0.39, 0.29) is 12.0 Å². The van der Waals surface area contributed by atoms with Crippen LogP contribution in [0.5, 0.6) is 5.75 Å². The standard InChI is InChI=1S/C42H51NO4/c1-5-11-32-16-20-35-21-22-36-28-33(15-14-31-12-9-8-10-13-31)19-25-38(36)41(39(35)29-32)43(4)26-27-47-37-23-17-34(18-24-37)30-40(45-6-2)42(44)46-7-3/h8-10,12-13,16-20,23-25,28-29,40-41H,5-7,11,14-15,21-22,26-27,30H2,1-4H3. The molecule has 0 aromatic heterocycles. The van der Waals surface area contributed by atoms with Gasteiger partial charge in [-0.25, -0.2) is 4.79 Å². The molecule has 0 amide bonds. The minimum absolute atomic E-state index is 0.173. The number of benzene rings is 4. The van der Waals surface area contributed by atoms with Crippen LogP contribution in [-0.2, 0) is 52.8 Å². The lowest BCUT2D eigenvalue weighted by molar-refractivity contribution is -0.156. The first-order valence-corrected chi connectivity index (χ1v) is 17.5. The van der Waals surface area contributed by atoms with E-state index >= 15 is 0 Å². The van der Waals surface area contributed by atoms with Crippen molar-refractivity contribution in [1.29, 1.82) is 0 Å². The highest BCUT2D eigenvalue weighted by Gasteiger charge is 2.28. The molecule has 5 rings (SSSR count). The minimum atomic E-state index is -0.594. The molecule has 0 fully saturated rings. The van der Waals surface area contributed by atoms with Crippen LogP contribution in [0.2, 0.25) is 0 Å². The van der Waals surface area contributed by atoms with E-state index in [1.54, 1.807) is 0 Å². The predicted octanol–water partition coefficient (Wildman–Crippen LogP) is 8.13. The molecule has 5 nitrogen and oxygen atoms in total. The fourth-order valence-corrected chi connectivity index (χ4v) is 6.73. The molecule has 0 heterocycles. The predicted molar refractivity (Wildman–Crippen MR) is 190 cm³/mol. The van der Waals surface area contributed by atoms with Crippen LogP contribution in [0.15, 0.2) is 91.0 Å². The Balaban J connectivity index is 1.29. The molecule has 0 aliphatic heterocycles. The van der Waals surface area contributed by atoms with E-state index < -0.39 is 6.10 Å². The van der Waals surface area contributed by atoms with E-state index in [2.05, 4.69) is 85.6 Å². The van der Waals surface area contributed by atoms with Crippen molar-refractivity contribution in [2.75, 3.05) is 33.4 Å². The molecule has 248 valence electrons. The lowest BCUT2D eigenvalue weighted by atomic mass is 9.90. The van der Waals surface area contributed by atoms with E-state index in [9.17, 15) is 4.79 Å². The number of nitrogens with zero attached hydrogens (tertiary/aromatic N) is 1. The van der Waals surface area contributed by atoms with Crippen molar-refractivity contribution in [3.05, 3.63) is 136 Å². The highest BCUT2D eigenvalue weighted by Crippen LogP contribution is 2.37. The van der Waals surface area contributed by atoms with Crippen LogP contribution in [0.1, 0.15) is 77.7 Å². The Morgan fingerprint density at radius 1 is 0.745 bits per heavy atom. The summed E-state index contributed by atoms with van der Waals surface area (Å²) in [4.78, 5) is 14.8. The summed E-state index contributed by atoms with van der Waals surface area (Å²) in [6.45, 7) is 8.12. The number of aryl methyl sites for hydroxylation is 5. The number of fused-ring (bicyclic) bond motifs is 2. The second-order valence-electron chi connectivity index (χ2n) is 12.6. The van der Waals surface area contributed by atoms with Crippen molar-refractivity contribution < 1.29 is 19.0 Å². The number of ether oxygens (including phenoxy) is 3. The normalized spacial score (nSPS) is 14.6. The number of carbonyl (C=O) groups excluding carboxylic acids is 1. The van der Waals surface area contributed by atoms with Crippen molar-refractivity contribution in [3.8, 4) is 5.75 Å². The Bertz CT molecular complexity index is 1570. The van der Waals surface area contributed by atoms with Gasteiger partial charge < -0.3 is 14.2 Å². The quantitative estimate of drug-likeness (QED) is 0.117. The molecule has 4 aromatic carbocycles. The highest BCUT2D eigenvalue weighted by molar-refractivity contribution is 5.75. The molecule has 47 heavy (non-hydrogen) atoms. The van der Waals surface area contributed by atoms with Crippen molar-refractivity contribution in [2.45, 2.75) is 77.9 Å². The third kappa shape index (κ3) is 9.33. The number of hydrogen-bond acceptors (Lipinski definition) is 5. The zero-order valence-corrected chi connectivity index (χ0v) is 28.7. The topological polar surface area (TPSA) is 48.0 Å². The SMILES string of the molecule is CCCc1ccc2c(c1)C(N(C)CCOc1ccc(CC(OCC)C(=O)OCC)cc1)c1ccc(CCc3ccccc3)cc1CC2. The summed E-state index contributed by atoms with van der Waals surface area (Å²) in [5, 5.41) is 0. The van der Waals surface area contributed by atoms with Crippen LogP contribution in [0.4, 0.5) is 0 Å². The molecule has 2 unspecified atom stereocenters. The van der Waals surface area contributed by atoms with Gasteiger partial charge >= 0.3 is 5.97 Å². The maximum atomic E-state index is 12.3. The molecule has 0 spiro atoms. The molecule has 0 saturated carbocycles. The minimum Gasteiger partial charge on any atom is -0.492 e. The summed E-state index contributed by atoms with van der Waals surface area (Å²) >= 11 is 0. The number of hydrogen-bond donors (Lipinski definition) is 0. The van der Waals surface area contributed by atoms with Gasteiger partial charge in [-0.15, -0.1) is 0 Å². The molecule has 5 heteroatoms. The summed E-state index contributed by atoms with van der Waals surface area (Å²) in [5.74, 6) is 0.505. The smallest absolute Gasteiger partial charge is 0.335 e. The molecule has 0 N–H and O–H groups in total. The van der Waals surface area contributed by atoms with Crippen molar-refractivity contribution in [1.82, 2.24) is 4.90 Å². The van der Waals surface area contributed by atoms with Gasteiger partial charge in [-0.05, 0) is 110 Å². The molecular formula is C42H51NO4. The molecule has 0 saturated heterocycles.